The van der Waals surface area contributed by atoms with Gasteiger partial charge >= 0.3 is 12.1 Å². The highest BCUT2D eigenvalue weighted by atomic mass is 35.5. The number of hydrogen-bond donors (Lipinski definition) is 0. The number of piperazine rings is 1. The molecule has 0 bridgehead atoms. The Bertz CT molecular complexity index is 2430. The summed E-state index contributed by atoms with van der Waals surface area (Å²) in [6, 6.07) is 12.5. The van der Waals surface area contributed by atoms with Gasteiger partial charge in [-0.1, -0.05) is 35.9 Å². The first kappa shape index (κ1) is 42.8. The van der Waals surface area contributed by atoms with E-state index in [1.807, 2.05) is 0 Å². The summed E-state index contributed by atoms with van der Waals surface area (Å²) in [5, 5.41) is 4.30. The maximum Gasteiger partial charge on any atom is 0.408 e. The summed E-state index contributed by atoms with van der Waals surface area (Å²) in [7, 11) is 2.09. The first-order valence-electron chi connectivity index (χ1n) is 18.9. The number of likely N-dealkylation sites (N-methyl/N-ethyl adjacent to an activating group) is 1. The van der Waals surface area contributed by atoms with Crippen molar-refractivity contribution in [3.05, 3.63) is 95.0 Å². The number of aromatic nitrogens is 4. The number of fused-ring (bicyclic) bond motifs is 1. The highest BCUT2D eigenvalue weighted by molar-refractivity contribution is 7.22. The molecule has 6 aromatic rings. The molecule has 2 aromatic carbocycles. The zero-order valence-electron chi connectivity index (χ0n) is 32.7. The van der Waals surface area contributed by atoms with Crippen molar-refractivity contribution in [1.29, 1.82) is 0 Å². The van der Waals surface area contributed by atoms with Gasteiger partial charge in [0.1, 0.15) is 48.2 Å². The van der Waals surface area contributed by atoms with Crippen molar-refractivity contribution in [2.24, 2.45) is 0 Å². The highest BCUT2D eigenvalue weighted by Crippen LogP contribution is 2.50. The molecule has 12 nitrogen and oxygen atoms in total. The van der Waals surface area contributed by atoms with Crippen molar-refractivity contribution >= 4 is 39.1 Å². The van der Waals surface area contributed by atoms with Crippen LogP contribution in [0.3, 0.4) is 0 Å². The van der Waals surface area contributed by atoms with Gasteiger partial charge in [-0.05, 0) is 56.3 Å². The maximum absolute atomic E-state index is 17.0. The topological polar surface area (TPSA) is 117 Å². The highest BCUT2D eigenvalue weighted by Gasteiger charge is 2.37. The van der Waals surface area contributed by atoms with Crippen molar-refractivity contribution in [3.8, 4) is 39.1 Å². The number of halogens is 6. The number of esters is 1. The molecular formula is C41H40ClF5N6O6S. The average molecular weight is 875 g/mol. The molecule has 0 spiro atoms. The molecule has 60 heavy (non-hydrogen) atoms. The van der Waals surface area contributed by atoms with Crippen LogP contribution in [0, 0.1) is 12.9 Å². The van der Waals surface area contributed by atoms with E-state index in [2.05, 4.69) is 31.9 Å². The minimum atomic E-state index is -4.54. The molecule has 5 heterocycles. The standard InChI is InChI=1S/C41H40ClF5N6O6S/c1-4-55-40(54)36(35(44)27-7-5-6-8-28(27)57-21-25-13-14-50-53(25)22-41(45,46)47)59-38-33-32(37(30-11-12-31(43)58-30)60-39(33)49-23-48-38)26-9-10-29(34(42)24(26)2)56-20-19-52-17-15-51(3)16-18-52/h5-14,23,35-36H,4,15-22H2,1-3H3/t35-,36+/m0/s1. The molecule has 1 saturated heterocycles. The first-order chi connectivity index (χ1) is 28.8. The minimum absolute atomic E-state index is 0.0649. The molecule has 0 saturated carbocycles. The monoisotopic (exact) mass is 874 g/mol. The molecule has 1 aliphatic rings. The van der Waals surface area contributed by atoms with E-state index in [9.17, 15) is 22.4 Å². The van der Waals surface area contributed by atoms with Gasteiger partial charge in [0.15, 0.2) is 6.17 Å². The number of para-hydroxylation sites is 1. The molecule has 2 atom stereocenters. The fourth-order valence-corrected chi connectivity index (χ4v) is 8.11. The van der Waals surface area contributed by atoms with Gasteiger partial charge in [0.2, 0.25) is 12.0 Å². The molecule has 0 N–H and O–H groups in total. The van der Waals surface area contributed by atoms with Crippen LogP contribution in [-0.2, 0) is 22.7 Å². The van der Waals surface area contributed by atoms with E-state index >= 15 is 4.39 Å². The second-order valence-electron chi connectivity index (χ2n) is 13.9. The number of furan rings is 1. The predicted octanol–water partition coefficient (Wildman–Crippen LogP) is 8.70. The van der Waals surface area contributed by atoms with E-state index in [-0.39, 0.29) is 40.6 Å². The number of rotatable bonds is 16. The Hall–Kier alpha value is -5.30. The van der Waals surface area contributed by atoms with Gasteiger partial charge in [-0.15, -0.1) is 11.3 Å². The molecule has 0 aliphatic carbocycles. The molecule has 7 rings (SSSR count). The smallest absolute Gasteiger partial charge is 0.408 e. The molecule has 1 fully saturated rings. The van der Waals surface area contributed by atoms with Crippen molar-refractivity contribution in [1.82, 2.24) is 29.5 Å². The van der Waals surface area contributed by atoms with E-state index in [4.69, 9.17) is 35.0 Å². The van der Waals surface area contributed by atoms with Crippen molar-refractivity contribution in [3.63, 3.8) is 0 Å². The lowest BCUT2D eigenvalue weighted by Crippen LogP contribution is -2.45. The predicted molar refractivity (Wildman–Crippen MR) is 214 cm³/mol. The maximum atomic E-state index is 17.0. The SMILES string of the molecule is CCOC(=O)[C@H](Oc1ncnc2sc(-c3ccc(F)o3)c(-c3ccc(OCCN4CCN(C)CC4)c(Cl)c3C)c12)[C@@H](F)c1ccccc1OCc1ccnn1CC(F)(F)F. The first-order valence-corrected chi connectivity index (χ1v) is 20.1. The molecule has 4 aromatic heterocycles. The second kappa shape index (κ2) is 18.5. The fraction of sp³-hybridized carbons (Fsp3) is 0.366. The number of nitrogens with zero attached hydrogens (tertiary/aromatic N) is 6. The lowest BCUT2D eigenvalue weighted by molar-refractivity contribution is -0.155. The molecule has 1 aliphatic heterocycles. The Morgan fingerprint density at radius 1 is 1.02 bits per heavy atom. The molecule has 318 valence electrons. The average Bonchev–Trinajstić information content (AvgIpc) is 3.96. The van der Waals surface area contributed by atoms with Crippen LogP contribution in [0.1, 0.15) is 29.9 Å². The van der Waals surface area contributed by atoms with Gasteiger partial charge in [-0.2, -0.15) is 22.7 Å². The van der Waals surface area contributed by atoms with Gasteiger partial charge in [0.25, 0.3) is 6.01 Å². The van der Waals surface area contributed by atoms with E-state index < -0.39 is 43.6 Å². The second-order valence-corrected chi connectivity index (χ2v) is 15.3. The van der Waals surface area contributed by atoms with Crippen LogP contribution >= 0.6 is 22.9 Å². The van der Waals surface area contributed by atoms with Crippen LogP contribution < -0.4 is 14.2 Å². The lowest BCUT2D eigenvalue weighted by Gasteiger charge is -2.32. The largest absolute Gasteiger partial charge is 0.491 e. The number of alkyl halides is 4. The van der Waals surface area contributed by atoms with Gasteiger partial charge in [-0.25, -0.2) is 19.2 Å². The van der Waals surface area contributed by atoms with Gasteiger partial charge in [-0.3, -0.25) is 9.58 Å². The third kappa shape index (κ3) is 9.67. The Morgan fingerprint density at radius 3 is 2.53 bits per heavy atom. The molecule has 19 heteroatoms. The summed E-state index contributed by atoms with van der Waals surface area (Å²) in [5.41, 5.74) is 1.49. The van der Waals surface area contributed by atoms with Crippen molar-refractivity contribution in [2.45, 2.75) is 45.5 Å². The van der Waals surface area contributed by atoms with E-state index in [0.29, 0.717) is 50.3 Å². The molecule has 0 amide bonds. The Balaban J connectivity index is 1.23. The number of carbonyl (C=O) groups is 1. The third-order valence-corrected chi connectivity index (χ3v) is 11.5. The van der Waals surface area contributed by atoms with Crippen molar-refractivity contribution in [2.75, 3.05) is 53.0 Å². The van der Waals surface area contributed by atoms with E-state index in [1.165, 1.54) is 42.9 Å². The molecule has 0 unspecified atom stereocenters. The number of hydrogen-bond acceptors (Lipinski definition) is 12. The summed E-state index contributed by atoms with van der Waals surface area (Å²) in [5.74, 6) is -0.726. The van der Waals surface area contributed by atoms with Gasteiger partial charge in [0, 0.05) is 56.1 Å². The van der Waals surface area contributed by atoms with Crippen LogP contribution in [0.4, 0.5) is 22.0 Å². The summed E-state index contributed by atoms with van der Waals surface area (Å²) < 4.78 is 100. The number of benzene rings is 2. The number of carbonyl (C=O) groups excluding carboxylic acids is 1. The third-order valence-electron chi connectivity index (χ3n) is 9.88. The Morgan fingerprint density at radius 2 is 1.80 bits per heavy atom. The van der Waals surface area contributed by atoms with Gasteiger partial charge < -0.3 is 28.3 Å². The van der Waals surface area contributed by atoms with E-state index in [0.717, 1.165) is 48.3 Å². The number of thiophene rings is 1. The van der Waals surface area contributed by atoms with Crippen LogP contribution in [0.15, 0.2) is 71.5 Å². The minimum Gasteiger partial charge on any atom is -0.491 e. The molecular weight excluding hydrogens is 835 g/mol. The lowest BCUT2D eigenvalue weighted by atomic mass is 9.97. The van der Waals surface area contributed by atoms with Crippen LogP contribution in [0.5, 0.6) is 17.4 Å². The fourth-order valence-electron chi connectivity index (χ4n) is 6.78. The summed E-state index contributed by atoms with van der Waals surface area (Å²) in [6.07, 6.45) is -6.38. The van der Waals surface area contributed by atoms with Gasteiger partial charge in [0.05, 0.1) is 27.6 Å². The summed E-state index contributed by atoms with van der Waals surface area (Å²) >= 11 is 8.09. The van der Waals surface area contributed by atoms with Crippen LogP contribution in [0.2, 0.25) is 5.02 Å². The molecule has 0 radical (unpaired) electrons. The Labute approximate surface area is 350 Å². The van der Waals surface area contributed by atoms with Crippen LogP contribution in [-0.4, -0.2) is 101 Å². The normalized spacial score (nSPS) is 14.9. The number of ether oxygens (including phenoxy) is 4. The zero-order chi connectivity index (χ0) is 42.6. The quantitative estimate of drug-likeness (QED) is 0.0687. The zero-order valence-corrected chi connectivity index (χ0v) is 34.3. The van der Waals surface area contributed by atoms with Crippen LogP contribution in [0.25, 0.3) is 32.0 Å². The summed E-state index contributed by atoms with van der Waals surface area (Å²) in [6.45, 7) is 6.40. The van der Waals surface area contributed by atoms with Crippen molar-refractivity contribution < 1.29 is 50.1 Å². The van der Waals surface area contributed by atoms with E-state index in [1.54, 1.807) is 32.0 Å². The Kier molecular flexibility index (Phi) is 13.2. The summed E-state index contributed by atoms with van der Waals surface area (Å²) in [4.78, 5) is 27.7.